The summed E-state index contributed by atoms with van der Waals surface area (Å²) in [7, 11) is -3.63. The summed E-state index contributed by atoms with van der Waals surface area (Å²) in [5, 5.41) is 11.7. The van der Waals surface area contributed by atoms with Gasteiger partial charge in [0.2, 0.25) is 10.0 Å². The largest absolute Gasteiger partial charge is 0.357 e. The molecule has 152 valence electrons. The van der Waals surface area contributed by atoms with Crippen molar-refractivity contribution < 1.29 is 8.42 Å². The lowest BCUT2D eigenvalue weighted by atomic mass is 9.86. The maximum atomic E-state index is 11.3. The van der Waals surface area contributed by atoms with Gasteiger partial charge in [0, 0.05) is 19.6 Å². The van der Waals surface area contributed by atoms with Crippen molar-refractivity contribution in [2.75, 3.05) is 19.6 Å². The summed E-state index contributed by atoms with van der Waals surface area (Å²) in [5.41, 5.74) is 1.06. The van der Waals surface area contributed by atoms with E-state index in [2.05, 4.69) is 22.5 Å². The maximum Gasteiger partial charge on any atom is 0.238 e. The molecule has 4 N–H and O–H groups in total. The Kier molecular flexibility index (Phi) is 9.07. The summed E-state index contributed by atoms with van der Waals surface area (Å²) in [6.07, 6.45) is 10.2. The summed E-state index contributed by atoms with van der Waals surface area (Å²) < 4.78 is 22.6. The highest BCUT2D eigenvalue weighted by Crippen LogP contribution is 2.27. The lowest BCUT2D eigenvalue weighted by Crippen LogP contribution is -2.38. The molecule has 0 aliphatic heterocycles. The molecule has 27 heavy (non-hydrogen) atoms. The van der Waals surface area contributed by atoms with Crippen molar-refractivity contribution in [1.82, 2.24) is 10.6 Å². The third-order valence-corrected chi connectivity index (χ3v) is 6.00. The molecule has 2 rings (SSSR count). The first-order chi connectivity index (χ1) is 13.0. The number of hydrogen-bond donors (Lipinski definition) is 3. The van der Waals surface area contributed by atoms with Gasteiger partial charge in [-0.3, -0.25) is 4.99 Å². The summed E-state index contributed by atoms with van der Waals surface area (Å²) in [6.45, 7) is 4.49. The molecule has 6 nitrogen and oxygen atoms in total. The molecule has 1 saturated carbocycles. The zero-order chi connectivity index (χ0) is 19.5. The third kappa shape index (κ3) is 8.30. The lowest BCUT2D eigenvalue weighted by molar-refractivity contribution is 0.334. The number of nitrogens with two attached hydrogens (primary N) is 1. The molecule has 0 radical (unpaired) electrons. The molecule has 1 aliphatic rings. The zero-order valence-electron chi connectivity index (χ0n) is 16.4. The van der Waals surface area contributed by atoms with E-state index in [1.807, 2.05) is 0 Å². The Morgan fingerprint density at radius 1 is 1.15 bits per heavy atom. The number of aliphatic imine (C=N–C) groups is 1. The third-order valence-electron chi connectivity index (χ3n) is 5.07. The van der Waals surface area contributed by atoms with Crippen molar-refractivity contribution in [2.45, 2.75) is 63.2 Å². The Morgan fingerprint density at radius 2 is 1.85 bits per heavy atom. The highest BCUT2D eigenvalue weighted by molar-refractivity contribution is 7.89. The molecule has 0 bridgehead atoms. The molecule has 0 atom stereocenters. The molecule has 0 spiro atoms. The molecule has 1 aromatic carbocycles. The van der Waals surface area contributed by atoms with E-state index in [1.165, 1.54) is 38.5 Å². The first kappa shape index (κ1) is 21.7. The molecular weight excluding hydrogens is 360 g/mol. The minimum absolute atomic E-state index is 0.145. The van der Waals surface area contributed by atoms with Crippen molar-refractivity contribution in [2.24, 2.45) is 16.0 Å². The van der Waals surface area contributed by atoms with E-state index in [-0.39, 0.29) is 4.90 Å². The molecule has 1 fully saturated rings. The average Bonchev–Trinajstić information content (AvgIpc) is 2.66. The summed E-state index contributed by atoms with van der Waals surface area (Å²) in [6, 6.07) is 6.70. The van der Waals surface area contributed by atoms with Gasteiger partial charge in [-0.15, -0.1) is 0 Å². The normalized spacial score (nSPS) is 16.3. The van der Waals surface area contributed by atoms with Crippen LogP contribution in [0.25, 0.3) is 0 Å². The van der Waals surface area contributed by atoms with Crippen LogP contribution in [-0.2, 0) is 16.4 Å². The SMILES string of the molecule is CCNC(=NCCCC1CCCCC1)NCCc1ccc(S(N)(=O)=O)cc1. The van der Waals surface area contributed by atoms with Gasteiger partial charge in [-0.2, -0.15) is 0 Å². The molecule has 0 aromatic heterocycles. The van der Waals surface area contributed by atoms with Crippen molar-refractivity contribution >= 4 is 16.0 Å². The predicted molar refractivity (Wildman–Crippen MR) is 111 cm³/mol. The van der Waals surface area contributed by atoms with Gasteiger partial charge in [0.25, 0.3) is 0 Å². The molecule has 0 saturated heterocycles. The fourth-order valence-corrected chi connectivity index (χ4v) is 4.07. The molecule has 1 aliphatic carbocycles. The van der Waals surface area contributed by atoms with Crippen molar-refractivity contribution in [1.29, 1.82) is 0 Å². The van der Waals surface area contributed by atoms with Crippen LogP contribution in [0.5, 0.6) is 0 Å². The predicted octanol–water partition coefficient (Wildman–Crippen LogP) is 2.79. The number of primary sulfonamides is 1. The fourth-order valence-electron chi connectivity index (χ4n) is 3.56. The van der Waals surface area contributed by atoms with E-state index < -0.39 is 10.0 Å². The highest BCUT2D eigenvalue weighted by atomic mass is 32.2. The lowest BCUT2D eigenvalue weighted by Gasteiger charge is -2.20. The van der Waals surface area contributed by atoms with E-state index in [9.17, 15) is 8.42 Å². The van der Waals surface area contributed by atoms with Gasteiger partial charge >= 0.3 is 0 Å². The smallest absolute Gasteiger partial charge is 0.238 e. The number of nitrogens with one attached hydrogen (secondary N) is 2. The van der Waals surface area contributed by atoms with E-state index in [0.717, 1.165) is 49.9 Å². The second-order valence-corrected chi connectivity index (χ2v) is 8.83. The van der Waals surface area contributed by atoms with Crippen molar-refractivity contribution in [3.63, 3.8) is 0 Å². The standard InChI is InChI=1S/C20H34N4O2S/c1-2-22-20(23-15-6-9-17-7-4-3-5-8-17)24-16-14-18-10-12-19(13-11-18)27(21,25)26/h10-13,17H,2-9,14-16H2,1H3,(H2,21,25,26)(H2,22,23,24). The van der Waals surface area contributed by atoms with Crippen LogP contribution in [0.1, 0.15) is 57.4 Å². The first-order valence-corrected chi connectivity index (χ1v) is 11.7. The van der Waals surface area contributed by atoms with Gasteiger partial charge in [-0.05, 0) is 49.8 Å². The number of guanidine groups is 1. The number of nitrogens with zero attached hydrogens (tertiary/aromatic N) is 1. The Hall–Kier alpha value is -1.60. The van der Waals surface area contributed by atoms with Crippen molar-refractivity contribution in [3.8, 4) is 0 Å². The van der Waals surface area contributed by atoms with E-state index in [0.29, 0.717) is 0 Å². The van der Waals surface area contributed by atoms with Gasteiger partial charge in [-0.25, -0.2) is 13.6 Å². The summed E-state index contributed by atoms with van der Waals surface area (Å²) >= 11 is 0. The highest BCUT2D eigenvalue weighted by Gasteiger charge is 2.12. The monoisotopic (exact) mass is 394 g/mol. The summed E-state index contributed by atoms with van der Waals surface area (Å²) in [4.78, 5) is 4.82. The van der Waals surface area contributed by atoms with Crippen LogP contribution in [0.4, 0.5) is 0 Å². The molecule has 7 heteroatoms. The summed E-state index contributed by atoms with van der Waals surface area (Å²) in [5.74, 6) is 1.76. The maximum absolute atomic E-state index is 11.3. The van der Waals surface area contributed by atoms with Crippen LogP contribution in [0.2, 0.25) is 0 Å². The van der Waals surface area contributed by atoms with Gasteiger partial charge in [0.05, 0.1) is 4.90 Å². The van der Waals surface area contributed by atoms with E-state index in [4.69, 9.17) is 5.14 Å². The van der Waals surface area contributed by atoms with Crippen LogP contribution in [0, 0.1) is 5.92 Å². The van der Waals surface area contributed by atoms with Gasteiger partial charge in [0.15, 0.2) is 5.96 Å². The number of benzene rings is 1. The van der Waals surface area contributed by atoms with E-state index >= 15 is 0 Å². The Labute approximate surface area is 164 Å². The number of hydrogen-bond acceptors (Lipinski definition) is 3. The van der Waals surface area contributed by atoms with Crippen LogP contribution in [0.3, 0.4) is 0 Å². The minimum Gasteiger partial charge on any atom is -0.357 e. The quantitative estimate of drug-likeness (QED) is 0.341. The topological polar surface area (TPSA) is 96.6 Å². The zero-order valence-corrected chi connectivity index (χ0v) is 17.2. The van der Waals surface area contributed by atoms with Crippen LogP contribution in [0.15, 0.2) is 34.2 Å². The van der Waals surface area contributed by atoms with Crippen LogP contribution in [-0.4, -0.2) is 34.0 Å². The van der Waals surface area contributed by atoms with Gasteiger partial charge in [0.1, 0.15) is 0 Å². The minimum atomic E-state index is -3.63. The molecule has 1 aromatic rings. The van der Waals surface area contributed by atoms with Gasteiger partial charge < -0.3 is 10.6 Å². The van der Waals surface area contributed by atoms with Crippen molar-refractivity contribution in [3.05, 3.63) is 29.8 Å². The van der Waals surface area contributed by atoms with Gasteiger partial charge in [-0.1, -0.05) is 44.2 Å². The van der Waals surface area contributed by atoms with Crippen LogP contribution >= 0.6 is 0 Å². The molecule has 0 heterocycles. The Bertz CT molecular complexity index is 680. The second-order valence-electron chi connectivity index (χ2n) is 7.27. The Morgan fingerprint density at radius 3 is 2.48 bits per heavy atom. The second kappa shape index (κ2) is 11.3. The van der Waals surface area contributed by atoms with Crippen LogP contribution < -0.4 is 15.8 Å². The number of rotatable bonds is 9. The Balaban J connectivity index is 1.72. The number of sulfonamides is 1. The molecular formula is C20H34N4O2S. The first-order valence-electron chi connectivity index (χ1n) is 10.1. The average molecular weight is 395 g/mol. The molecule has 0 amide bonds. The molecule has 0 unspecified atom stereocenters. The fraction of sp³-hybridized carbons (Fsp3) is 0.650. The van der Waals surface area contributed by atoms with E-state index in [1.54, 1.807) is 24.3 Å².